The molecule has 4 N–H and O–H groups in total. The molecule has 1 unspecified atom stereocenters. The number of hydrogen-bond donors (Lipinski definition) is 3. The molecule has 3 nitrogen and oxygen atoms in total. The number of nitrogens with one attached hydrogen (secondary N) is 1. The van der Waals surface area contributed by atoms with E-state index in [0.717, 1.165) is 30.6 Å². The van der Waals surface area contributed by atoms with Crippen LogP contribution in [0.4, 0.5) is 5.69 Å². The Bertz CT molecular complexity index is 302. The minimum absolute atomic E-state index is 0.636. The third-order valence-electron chi connectivity index (χ3n) is 2.81. The number of rotatable bonds is 1. The van der Waals surface area contributed by atoms with Crippen molar-refractivity contribution in [1.82, 2.24) is 5.32 Å². The van der Waals surface area contributed by atoms with Gasteiger partial charge in [-0.3, -0.25) is 0 Å². The van der Waals surface area contributed by atoms with Crippen LogP contribution < -0.4 is 11.1 Å². The van der Waals surface area contributed by atoms with Crippen LogP contribution in [0.1, 0.15) is 18.4 Å². The number of benzene rings is 1. The maximum atomic E-state index is 10.3. The summed E-state index contributed by atoms with van der Waals surface area (Å²) in [5.41, 5.74) is 6.59. The number of β-amino-alcohol motifs (C(OH)–C–C–N with tert-alkyl or cyclic N) is 1. The number of piperidine rings is 1. The van der Waals surface area contributed by atoms with Crippen molar-refractivity contribution in [1.29, 1.82) is 0 Å². The molecule has 1 aliphatic heterocycles. The van der Waals surface area contributed by atoms with Crippen LogP contribution in [-0.4, -0.2) is 18.2 Å². The molecular weight excluding hydrogens is 176 g/mol. The fourth-order valence-corrected chi connectivity index (χ4v) is 1.93. The summed E-state index contributed by atoms with van der Waals surface area (Å²) in [4.78, 5) is 0. The van der Waals surface area contributed by atoms with Gasteiger partial charge in [-0.15, -0.1) is 0 Å². The molecule has 0 saturated carbocycles. The van der Waals surface area contributed by atoms with E-state index < -0.39 is 5.60 Å². The molecule has 76 valence electrons. The molecule has 1 saturated heterocycles. The topological polar surface area (TPSA) is 58.3 Å². The van der Waals surface area contributed by atoms with Crippen LogP contribution in [0.2, 0.25) is 0 Å². The first kappa shape index (κ1) is 9.49. The van der Waals surface area contributed by atoms with E-state index in [1.807, 2.05) is 24.3 Å². The number of aliphatic hydroxyl groups is 1. The van der Waals surface area contributed by atoms with E-state index in [4.69, 9.17) is 5.73 Å². The van der Waals surface area contributed by atoms with Crippen molar-refractivity contribution < 1.29 is 5.11 Å². The third kappa shape index (κ3) is 1.74. The van der Waals surface area contributed by atoms with Crippen LogP contribution >= 0.6 is 0 Å². The molecule has 14 heavy (non-hydrogen) atoms. The summed E-state index contributed by atoms with van der Waals surface area (Å²) in [6.07, 6.45) is 1.84. The molecule has 0 radical (unpaired) electrons. The quantitative estimate of drug-likeness (QED) is 0.578. The predicted octanol–water partition coefficient (Wildman–Crippen LogP) is 0.840. The highest BCUT2D eigenvalue weighted by atomic mass is 16.3. The van der Waals surface area contributed by atoms with Gasteiger partial charge in [-0.05, 0) is 37.1 Å². The average molecular weight is 192 g/mol. The average Bonchev–Trinajstić information content (AvgIpc) is 2.19. The highest BCUT2D eigenvalue weighted by Gasteiger charge is 2.30. The van der Waals surface area contributed by atoms with E-state index in [0.29, 0.717) is 6.54 Å². The van der Waals surface area contributed by atoms with Gasteiger partial charge in [-0.25, -0.2) is 0 Å². The van der Waals surface area contributed by atoms with E-state index in [9.17, 15) is 5.11 Å². The summed E-state index contributed by atoms with van der Waals surface area (Å²) in [5, 5.41) is 13.5. The highest BCUT2D eigenvalue weighted by Crippen LogP contribution is 2.28. The van der Waals surface area contributed by atoms with Gasteiger partial charge in [0, 0.05) is 12.2 Å². The van der Waals surface area contributed by atoms with Crippen molar-refractivity contribution in [3.63, 3.8) is 0 Å². The molecule has 1 aliphatic rings. The van der Waals surface area contributed by atoms with Gasteiger partial charge in [0.15, 0.2) is 0 Å². The summed E-state index contributed by atoms with van der Waals surface area (Å²) >= 11 is 0. The third-order valence-corrected chi connectivity index (χ3v) is 2.81. The van der Waals surface area contributed by atoms with Gasteiger partial charge in [-0.2, -0.15) is 0 Å². The van der Waals surface area contributed by atoms with Gasteiger partial charge in [0.2, 0.25) is 0 Å². The van der Waals surface area contributed by atoms with E-state index >= 15 is 0 Å². The van der Waals surface area contributed by atoms with Crippen LogP contribution in [0, 0.1) is 0 Å². The fraction of sp³-hybridized carbons (Fsp3) is 0.455. The first-order valence-corrected chi connectivity index (χ1v) is 5.00. The molecule has 0 bridgehead atoms. The number of nitrogens with two attached hydrogens (primary N) is 1. The normalized spacial score (nSPS) is 27.5. The standard InChI is InChI=1S/C11H16N2O/c12-10-4-2-9(3-5-10)11(14)6-1-7-13-8-11/h2-5,13-14H,1,6-8,12H2. The Morgan fingerprint density at radius 1 is 1.29 bits per heavy atom. The van der Waals surface area contributed by atoms with Crippen molar-refractivity contribution >= 4 is 5.69 Å². The van der Waals surface area contributed by atoms with E-state index in [1.54, 1.807) is 0 Å². The second-order valence-electron chi connectivity index (χ2n) is 3.93. The minimum atomic E-state index is -0.702. The Morgan fingerprint density at radius 3 is 2.57 bits per heavy atom. The minimum Gasteiger partial charge on any atom is -0.399 e. The summed E-state index contributed by atoms with van der Waals surface area (Å²) in [6.45, 7) is 1.63. The molecule has 2 rings (SSSR count). The molecule has 0 aliphatic carbocycles. The molecule has 0 amide bonds. The number of anilines is 1. The van der Waals surface area contributed by atoms with Crippen molar-refractivity contribution in [2.45, 2.75) is 18.4 Å². The molecular formula is C11H16N2O. The summed E-state index contributed by atoms with van der Waals surface area (Å²) in [7, 11) is 0. The summed E-state index contributed by atoms with van der Waals surface area (Å²) < 4.78 is 0. The van der Waals surface area contributed by atoms with E-state index in [-0.39, 0.29) is 0 Å². The second kappa shape index (κ2) is 3.59. The monoisotopic (exact) mass is 192 g/mol. The van der Waals surface area contributed by atoms with Crippen LogP contribution in [0.15, 0.2) is 24.3 Å². The maximum absolute atomic E-state index is 10.3. The van der Waals surface area contributed by atoms with Gasteiger partial charge in [0.1, 0.15) is 5.60 Å². The first-order valence-electron chi connectivity index (χ1n) is 5.00. The van der Waals surface area contributed by atoms with E-state index in [1.165, 1.54) is 0 Å². The van der Waals surface area contributed by atoms with Crippen molar-refractivity contribution in [3.8, 4) is 0 Å². The zero-order chi connectivity index (χ0) is 10.0. The maximum Gasteiger partial charge on any atom is 0.102 e. The molecule has 0 aromatic heterocycles. The van der Waals surface area contributed by atoms with Crippen molar-refractivity contribution in [2.24, 2.45) is 0 Å². The van der Waals surface area contributed by atoms with Gasteiger partial charge in [0.05, 0.1) is 0 Å². The van der Waals surface area contributed by atoms with Crippen molar-refractivity contribution in [3.05, 3.63) is 29.8 Å². The van der Waals surface area contributed by atoms with Crippen LogP contribution in [0.5, 0.6) is 0 Å². The highest BCUT2D eigenvalue weighted by molar-refractivity contribution is 5.41. The zero-order valence-corrected chi connectivity index (χ0v) is 8.16. The van der Waals surface area contributed by atoms with Gasteiger partial charge < -0.3 is 16.2 Å². The Hall–Kier alpha value is -1.06. The Kier molecular flexibility index (Phi) is 2.44. The zero-order valence-electron chi connectivity index (χ0n) is 8.16. The Morgan fingerprint density at radius 2 is 2.00 bits per heavy atom. The molecule has 0 spiro atoms. The van der Waals surface area contributed by atoms with E-state index in [2.05, 4.69) is 5.32 Å². The van der Waals surface area contributed by atoms with Crippen LogP contribution in [0.25, 0.3) is 0 Å². The number of hydrogen-bond acceptors (Lipinski definition) is 3. The molecule has 1 fully saturated rings. The molecule has 1 heterocycles. The predicted molar refractivity (Wildman–Crippen MR) is 56.9 cm³/mol. The fourth-order valence-electron chi connectivity index (χ4n) is 1.93. The molecule has 3 heteroatoms. The van der Waals surface area contributed by atoms with Gasteiger partial charge >= 0.3 is 0 Å². The van der Waals surface area contributed by atoms with Crippen molar-refractivity contribution in [2.75, 3.05) is 18.8 Å². The lowest BCUT2D eigenvalue weighted by atomic mass is 9.87. The number of nitrogen functional groups attached to an aromatic ring is 1. The largest absolute Gasteiger partial charge is 0.399 e. The SMILES string of the molecule is Nc1ccc(C2(O)CCCNC2)cc1. The molecule has 1 aromatic carbocycles. The molecule has 1 aromatic rings. The smallest absolute Gasteiger partial charge is 0.102 e. The molecule has 1 atom stereocenters. The van der Waals surface area contributed by atoms with Gasteiger partial charge in [0.25, 0.3) is 0 Å². The summed E-state index contributed by atoms with van der Waals surface area (Å²) in [5.74, 6) is 0. The second-order valence-corrected chi connectivity index (χ2v) is 3.93. The van der Waals surface area contributed by atoms with Crippen LogP contribution in [0.3, 0.4) is 0 Å². The Labute approximate surface area is 83.9 Å². The summed E-state index contributed by atoms with van der Waals surface area (Å²) in [6, 6.07) is 7.48. The lowest BCUT2D eigenvalue weighted by Gasteiger charge is -2.33. The lowest BCUT2D eigenvalue weighted by molar-refractivity contribution is 0.0123. The Balaban J connectivity index is 2.23. The first-order chi connectivity index (χ1) is 6.71. The van der Waals surface area contributed by atoms with Gasteiger partial charge in [-0.1, -0.05) is 12.1 Å². The lowest BCUT2D eigenvalue weighted by Crippen LogP contribution is -2.43. The van der Waals surface area contributed by atoms with Crippen LogP contribution in [-0.2, 0) is 5.60 Å².